The molecule has 1 saturated heterocycles. The topological polar surface area (TPSA) is 75.7 Å². The SMILES string of the molecule is COc1cc(Cl)c(C)cc1NC(=O)c1cccc(S(=O)(=O)N2CCCCC2C)c1. The van der Waals surface area contributed by atoms with Crippen molar-refractivity contribution in [2.75, 3.05) is 19.0 Å². The smallest absolute Gasteiger partial charge is 0.255 e. The van der Waals surface area contributed by atoms with E-state index in [1.54, 1.807) is 24.3 Å². The highest BCUT2D eigenvalue weighted by Crippen LogP contribution is 2.31. The van der Waals surface area contributed by atoms with Crippen LogP contribution in [-0.2, 0) is 10.0 Å². The third-order valence-electron chi connectivity index (χ3n) is 5.17. The average Bonchev–Trinajstić information content (AvgIpc) is 2.70. The number of benzene rings is 2. The summed E-state index contributed by atoms with van der Waals surface area (Å²) in [4.78, 5) is 12.9. The molecule has 8 heteroatoms. The molecular weight excluding hydrogens is 412 g/mol. The van der Waals surface area contributed by atoms with Gasteiger partial charge in [0.1, 0.15) is 5.75 Å². The molecule has 1 heterocycles. The molecule has 2 aromatic rings. The van der Waals surface area contributed by atoms with Crippen molar-refractivity contribution in [1.29, 1.82) is 0 Å². The van der Waals surface area contributed by atoms with Gasteiger partial charge in [-0.05, 0) is 56.5 Å². The van der Waals surface area contributed by atoms with Crippen LogP contribution in [0.1, 0.15) is 42.1 Å². The molecule has 0 aliphatic carbocycles. The van der Waals surface area contributed by atoms with Gasteiger partial charge in [0.2, 0.25) is 10.0 Å². The molecule has 0 spiro atoms. The number of anilines is 1. The molecule has 0 bridgehead atoms. The van der Waals surface area contributed by atoms with Gasteiger partial charge >= 0.3 is 0 Å². The Hall–Kier alpha value is -2.09. The molecule has 2 aromatic carbocycles. The van der Waals surface area contributed by atoms with Crippen LogP contribution in [0.3, 0.4) is 0 Å². The van der Waals surface area contributed by atoms with E-state index >= 15 is 0 Å². The first-order valence-electron chi connectivity index (χ1n) is 9.51. The quantitative estimate of drug-likeness (QED) is 0.750. The van der Waals surface area contributed by atoms with Gasteiger partial charge in [0.15, 0.2) is 0 Å². The van der Waals surface area contributed by atoms with Crippen LogP contribution in [0.2, 0.25) is 5.02 Å². The third kappa shape index (κ3) is 4.57. The van der Waals surface area contributed by atoms with E-state index < -0.39 is 15.9 Å². The lowest BCUT2D eigenvalue weighted by molar-refractivity contribution is 0.102. The highest BCUT2D eigenvalue weighted by Gasteiger charge is 2.31. The van der Waals surface area contributed by atoms with Crippen molar-refractivity contribution in [3.05, 3.63) is 52.5 Å². The van der Waals surface area contributed by atoms with Crippen LogP contribution in [-0.4, -0.2) is 38.3 Å². The Balaban J connectivity index is 1.88. The van der Waals surface area contributed by atoms with Crippen LogP contribution in [0.5, 0.6) is 5.75 Å². The van der Waals surface area contributed by atoms with E-state index in [0.717, 1.165) is 24.8 Å². The lowest BCUT2D eigenvalue weighted by atomic mass is 10.1. The van der Waals surface area contributed by atoms with Crippen LogP contribution in [0, 0.1) is 6.92 Å². The number of rotatable bonds is 5. The normalized spacial score (nSPS) is 17.7. The fourth-order valence-electron chi connectivity index (χ4n) is 3.49. The van der Waals surface area contributed by atoms with E-state index in [9.17, 15) is 13.2 Å². The molecule has 6 nitrogen and oxygen atoms in total. The largest absolute Gasteiger partial charge is 0.495 e. The molecule has 0 saturated carbocycles. The highest BCUT2D eigenvalue weighted by atomic mass is 35.5. The maximum absolute atomic E-state index is 13.1. The number of piperidine rings is 1. The summed E-state index contributed by atoms with van der Waals surface area (Å²) in [6.45, 7) is 4.24. The van der Waals surface area contributed by atoms with Gasteiger partial charge in [0, 0.05) is 29.2 Å². The van der Waals surface area contributed by atoms with E-state index in [2.05, 4.69) is 5.32 Å². The number of sulfonamides is 1. The molecule has 156 valence electrons. The number of carbonyl (C=O) groups is 1. The Labute approximate surface area is 176 Å². The molecule has 1 unspecified atom stereocenters. The van der Waals surface area contributed by atoms with Gasteiger partial charge in [-0.3, -0.25) is 4.79 Å². The van der Waals surface area contributed by atoms with Gasteiger partial charge in [0.05, 0.1) is 17.7 Å². The minimum Gasteiger partial charge on any atom is -0.495 e. The molecule has 1 amide bonds. The van der Waals surface area contributed by atoms with E-state index in [0.29, 0.717) is 23.0 Å². The highest BCUT2D eigenvalue weighted by molar-refractivity contribution is 7.89. The lowest BCUT2D eigenvalue weighted by Gasteiger charge is -2.32. The van der Waals surface area contributed by atoms with Crippen LogP contribution < -0.4 is 10.1 Å². The zero-order valence-corrected chi connectivity index (χ0v) is 18.3. The molecule has 1 N–H and O–H groups in total. The number of methoxy groups -OCH3 is 1. The molecule has 1 aliphatic heterocycles. The summed E-state index contributed by atoms with van der Waals surface area (Å²) >= 11 is 6.11. The summed E-state index contributed by atoms with van der Waals surface area (Å²) in [6, 6.07) is 9.42. The zero-order valence-electron chi connectivity index (χ0n) is 16.7. The monoisotopic (exact) mass is 436 g/mol. The number of halogens is 1. The predicted octanol–water partition coefficient (Wildman–Crippen LogP) is 4.47. The summed E-state index contributed by atoms with van der Waals surface area (Å²) in [5, 5.41) is 3.31. The van der Waals surface area contributed by atoms with Gasteiger partial charge < -0.3 is 10.1 Å². The maximum Gasteiger partial charge on any atom is 0.255 e. The van der Waals surface area contributed by atoms with E-state index in [4.69, 9.17) is 16.3 Å². The standard InChI is InChI=1S/C21H25ClN2O4S/c1-14-11-19(20(28-3)13-18(14)22)23-21(25)16-8-6-9-17(12-16)29(26,27)24-10-5-4-7-15(24)2/h6,8-9,11-13,15H,4-5,7,10H2,1-3H3,(H,23,25). The number of hydrogen-bond donors (Lipinski definition) is 1. The molecule has 1 aliphatic rings. The van der Waals surface area contributed by atoms with Gasteiger partial charge in [-0.1, -0.05) is 24.1 Å². The number of carbonyl (C=O) groups excluding carboxylic acids is 1. The number of amides is 1. The first kappa shape index (κ1) is 21.6. The number of nitrogens with zero attached hydrogens (tertiary/aromatic N) is 1. The first-order chi connectivity index (χ1) is 13.7. The summed E-state index contributed by atoms with van der Waals surface area (Å²) in [5.74, 6) is 0.00799. The lowest BCUT2D eigenvalue weighted by Crippen LogP contribution is -2.41. The van der Waals surface area contributed by atoms with Crippen molar-refractivity contribution in [2.24, 2.45) is 0 Å². The van der Waals surface area contributed by atoms with Gasteiger partial charge in [-0.2, -0.15) is 4.31 Å². The van der Waals surface area contributed by atoms with Gasteiger partial charge in [0.25, 0.3) is 5.91 Å². The minimum atomic E-state index is -3.65. The fourth-order valence-corrected chi connectivity index (χ4v) is 5.39. The number of hydrogen-bond acceptors (Lipinski definition) is 4. The fraction of sp³-hybridized carbons (Fsp3) is 0.381. The molecule has 0 aromatic heterocycles. The molecular formula is C21H25ClN2O4S. The Morgan fingerprint density at radius 3 is 2.69 bits per heavy atom. The minimum absolute atomic E-state index is 0.0486. The van der Waals surface area contributed by atoms with Crippen LogP contribution >= 0.6 is 11.6 Å². The molecule has 1 fully saturated rings. The second-order valence-electron chi connectivity index (χ2n) is 7.24. The summed E-state index contributed by atoms with van der Waals surface area (Å²) in [6.07, 6.45) is 2.71. The molecule has 3 rings (SSSR count). The number of nitrogens with one attached hydrogen (secondary N) is 1. The van der Waals surface area contributed by atoms with Crippen LogP contribution in [0.25, 0.3) is 0 Å². The van der Waals surface area contributed by atoms with E-state index in [-0.39, 0.29) is 16.5 Å². The molecule has 29 heavy (non-hydrogen) atoms. The van der Waals surface area contributed by atoms with Crippen molar-refractivity contribution < 1.29 is 17.9 Å². The predicted molar refractivity (Wildman–Crippen MR) is 114 cm³/mol. The van der Waals surface area contributed by atoms with Crippen molar-refractivity contribution >= 4 is 33.2 Å². The average molecular weight is 437 g/mol. The zero-order chi connectivity index (χ0) is 21.2. The van der Waals surface area contributed by atoms with Crippen molar-refractivity contribution in [3.63, 3.8) is 0 Å². The van der Waals surface area contributed by atoms with E-state index in [1.165, 1.54) is 23.5 Å². The first-order valence-corrected chi connectivity index (χ1v) is 11.3. The Morgan fingerprint density at radius 2 is 2.00 bits per heavy atom. The van der Waals surface area contributed by atoms with Crippen molar-refractivity contribution in [3.8, 4) is 5.75 Å². The summed E-state index contributed by atoms with van der Waals surface area (Å²) in [5.41, 5.74) is 1.51. The summed E-state index contributed by atoms with van der Waals surface area (Å²) < 4.78 is 33.0. The van der Waals surface area contributed by atoms with Crippen LogP contribution in [0.4, 0.5) is 5.69 Å². The number of aryl methyl sites for hydroxylation is 1. The van der Waals surface area contributed by atoms with Crippen LogP contribution in [0.15, 0.2) is 41.3 Å². The van der Waals surface area contributed by atoms with Gasteiger partial charge in [-0.15, -0.1) is 0 Å². The van der Waals surface area contributed by atoms with Gasteiger partial charge in [-0.25, -0.2) is 8.42 Å². The Kier molecular flexibility index (Phi) is 6.51. The molecule has 1 atom stereocenters. The van der Waals surface area contributed by atoms with Crippen molar-refractivity contribution in [2.45, 2.75) is 44.0 Å². The third-order valence-corrected chi connectivity index (χ3v) is 7.59. The molecule has 0 radical (unpaired) electrons. The van der Waals surface area contributed by atoms with E-state index in [1.807, 2.05) is 13.8 Å². The number of ether oxygens (including phenoxy) is 1. The second-order valence-corrected chi connectivity index (χ2v) is 9.54. The maximum atomic E-state index is 13.1. The summed E-state index contributed by atoms with van der Waals surface area (Å²) in [7, 11) is -2.16. The Morgan fingerprint density at radius 1 is 1.24 bits per heavy atom. The van der Waals surface area contributed by atoms with Crippen molar-refractivity contribution in [1.82, 2.24) is 4.31 Å². The second kappa shape index (κ2) is 8.73. The Bertz CT molecular complexity index is 1020.